The van der Waals surface area contributed by atoms with E-state index in [9.17, 15) is 0 Å². The minimum Gasteiger partial charge on any atom is -0.497 e. The molecule has 1 heterocycles. The van der Waals surface area contributed by atoms with Crippen molar-refractivity contribution in [3.8, 4) is 22.9 Å². The van der Waals surface area contributed by atoms with Crippen LogP contribution in [-0.2, 0) is 6.54 Å². The Labute approximate surface area is 172 Å². The zero-order valence-corrected chi connectivity index (χ0v) is 17.2. The molecule has 0 radical (unpaired) electrons. The molecule has 5 heteroatoms. The highest BCUT2D eigenvalue weighted by atomic mass is 79.9. The van der Waals surface area contributed by atoms with Crippen molar-refractivity contribution in [1.29, 1.82) is 0 Å². The predicted molar refractivity (Wildman–Crippen MR) is 116 cm³/mol. The van der Waals surface area contributed by atoms with E-state index in [2.05, 4.69) is 50.8 Å². The molecule has 28 heavy (non-hydrogen) atoms. The highest BCUT2D eigenvalue weighted by Crippen LogP contribution is 2.26. The second-order valence-corrected chi connectivity index (χ2v) is 7.38. The van der Waals surface area contributed by atoms with Gasteiger partial charge in [-0.15, -0.1) is 0 Å². The summed E-state index contributed by atoms with van der Waals surface area (Å²) in [6.45, 7) is 1.47. The lowest BCUT2D eigenvalue weighted by Gasteiger charge is -2.11. The van der Waals surface area contributed by atoms with E-state index < -0.39 is 0 Å². The monoisotopic (exact) mass is 436 g/mol. The summed E-state index contributed by atoms with van der Waals surface area (Å²) in [6, 6.07) is 24.2. The fourth-order valence-electron chi connectivity index (χ4n) is 3.21. The van der Waals surface area contributed by atoms with Gasteiger partial charge in [-0.3, -0.25) is 0 Å². The highest BCUT2D eigenvalue weighted by Gasteiger charge is 2.12. The topological polar surface area (TPSA) is 36.3 Å². The summed E-state index contributed by atoms with van der Waals surface area (Å²) in [6.07, 6.45) is 0.885. The van der Waals surface area contributed by atoms with Crippen molar-refractivity contribution < 1.29 is 9.47 Å². The first kappa shape index (κ1) is 18.6. The Morgan fingerprint density at radius 2 is 1.61 bits per heavy atom. The van der Waals surface area contributed by atoms with Crippen molar-refractivity contribution in [1.82, 2.24) is 9.55 Å². The third-order valence-corrected chi connectivity index (χ3v) is 5.14. The average molecular weight is 437 g/mol. The molecule has 0 fully saturated rings. The summed E-state index contributed by atoms with van der Waals surface area (Å²) >= 11 is 3.50. The molecule has 0 saturated heterocycles. The van der Waals surface area contributed by atoms with Crippen molar-refractivity contribution in [2.75, 3.05) is 13.7 Å². The lowest BCUT2D eigenvalue weighted by Crippen LogP contribution is -2.06. The van der Waals surface area contributed by atoms with Gasteiger partial charge in [-0.1, -0.05) is 40.2 Å². The lowest BCUT2D eigenvalue weighted by molar-refractivity contribution is 0.302. The number of imidazole rings is 1. The molecule has 0 N–H and O–H groups in total. The second-order valence-electron chi connectivity index (χ2n) is 6.46. The first-order valence-electron chi connectivity index (χ1n) is 9.22. The van der Waals surface area contributed by atoms with E-state index in [1.807, 2.05) is 42.5 Å². The average Bonchev–Trinajstić information content (AvgIpc) is 3.11. The number of hydrogen-bond donors (Lipinski definition) is 0. The number of rotatable bonds is 7. The molecule has 0 bridgehead atoms. The summed E-state index contributed by atoms with van der Waals surface area (Å²) in [5, 5.41) is 0. The molecule has 0 aliphatic heterocycles. The summed E-state index contributed by atoms with van der Waals surface area (Å²) in [5.74, 6) is 2.67. The molecule has 0 spiro atoms. The molecule has 4 nitrogen and oxygen atoms in total. The van der Waals surface area contributed by atoms with Gasteiger partial charge in [0.1, 0.15) is 17.3 Å². The van der Waals surface area contributed by atoms with Gasteiger partial charge in [0, 0.05) is 16.6 Å². The highest BCUT2D eigenvalue weighted by molar-refractivity contribution is 9.10. The Bertz CT molecular complexity index is 1060. The van der Waals surface area contributed by atoms with Crippen LogP contribution < -0.4 is 9.47 Å². The third-order valence-electron chi connectivity index (χ3n) is 4.61. The van der Waals surface area contributed by atoms with Crippen LogP contribution >= 0.6 is 15.9 Å². The zero-order chi connectivity index (χ0) is 19.3. The fourth-order valence-corrected chi connectivity index (χ4v) is 3.47. The van der Waals surface area contributed by atoms with Crippen LogP contribution in [0.4, 0.5) is 0 Å². The summed E-state index contributed by atoms with van der Waals surface area (Å²) in [5.41, 5.74) is 3.26. The van der Waals surface area contributed by atoms with E-state index in [0.29, 0.717) is 6.61 Å². The first-order chi connectivity index (χ1) is 13.7. The summed E-state index contributed by atoms with van der Waals surface area (Å²) in [7, 11) is 1.66. The first-order valence-corrected chi connectivity index (χ1v) is 10.0. The SMILES string of the molecule is COc1ccc(OCCCn2c(-c3ccc(Br)cc3)nc3ccccc32)cc1. The molecule has 1 aromatic heterocycles. The Morgan fingerprint density at radius 3 is 2.36 bits per heavy atom. The Balaban J connectivity index is 1.50. The number of para-hydroxylation sites is 2. The molecular formula is C23H21BrN2O2. The van der Waals surface area contributed by atoms with Gasteiger partial charge < -0.3 is 14.0 Å². The standard InChI is InChI=1S/C23H21BrN2O2/c1-27-19-11-13-20(14-12-19)28-16-4-15-26-22-6-3-2-5-21(22)25-23(26)17-7-9-18(24)10-8-17/h2-3,5-14H,4,15-16H2,1H3. The van der Waals surface area contributed by atoms with Gasteiger partial charge in [0.2, 0.25) is 0 Å². The number of fused-ring (bicyclic) bond motifs is 1. The van der Waals surface area contributed by atoms with Gasteiger partial charge in [0.25, 0.3) is 0 Å². The quantitative estimate of drug-likeness (QED) is 0.336. The lowest BCUT2D eigenvalue weighted by atomic mass is 10.2. The van der Waals surface area contributed by atoms with Crippen molar-refractivity contribution >= 4 is 27.0 Å². The van der Waals surface area contributed by atoms with Crippen molar-refractivity contribution in [2.24, 2.45) is 0 Å². The predicted octanol–water partition coefficient (Wildman–Crippen LogP) is 5.94. The summed E-state index contributed by atoms with van der Waals surface area (Å²) < 4.78 is 14.4. The summed E-state index contributed by atoms with van der Waals surface area (Å²) in [4.78, 5) is 4.86. The number of aromatic nitrogens is 2. The van der Waals surface area contributed by atoms with E-state index in [1.165, 1.54) is 0 Å². The maximum Gasteiger partial charge on any atom is 0.141 e. The molecule has 0 amide bonds. The molecule has 3 aromatic carbocycles. The number of halogens is 1. The Hall–Kier alpha value is -2.79. The third kappa shape index (κ3) is 4.04. The number of aryl methyl sites for hydroxylation is 1. The van der Waals surface area contributed by atoms with Crippen LogP contribution in [0.5, 0.6) is 11.5 Å². The maximum atomic E-state index is 5.88. The van der Waals surface area contributed by atoms with Gasteiger partial charge >= 0.3 is 0 Å². The van der Waals surface area contributed by atoms with Gasteiger partial charge in [-0.2, -0.15) is 0 Å². The van der Waals surface area contributed by atoms with Crippen LogP contribution in [-0.4, -0.2) is 23.3 Å². The molecule has 0 saturated carbocycles. The Kier molecular flexibility index (Phi) is 5.63. The smallest absolute Gasteiger partial charge is 0.141 e. The molecule has 0 aliphatic rings. The molecule has 0 unspecified atom stereocenters. The minimum absolute atomic E-state index is 0.638. The normalized spacial score (nSPS) is 10.9. The van der Waals surface area contributed by atoms with Crippen LogP contribution in [0.2, 0.25) is 0 Å². The van der Waals surface area contributed by atoms with E-state index in [0.717, 1.165) is 51.4 Å². The maximum absolute atomic E-state index is 5.88. The van der Waals surface area contributed by atoms with Crippen LogP contribution in [0.25, 0.3) is 22.4 Å². The van der Waals surface area contributed by atoms with Crippen LogP contribution in [0.1, 0.15) is 6.42 Å². The van der Waals surface area contributed by atoms with Gasteiger partial charge in [0.05, 0.1) is 24.8 Å². The largest absolute Gasteiger partial charge is 0.497 e. The minimum atomic E-state index is 0.638. The van der Waals surface area contributed by atoms with E-state index >= 15 is 0 Å². The van der Waals surface area contributed by atoms with E-state index in [4.69, 9.17) is 14.5 Å². The molecule has 0 atom stereocenters. The number of methoxy groups -OCH3 is 1. The van der Waals surface area contributed by atoms with Gasteiger partial charge in [-0.25, -0.2) is 4.98 Å². The van der Waals surface area contributed by atoms with Gasteiger partial charge in [-0.05, 0) is 55.0 Å². The molecule has 142 valence electrons. The Morgan fingerprint density at radius 1 is 0.893 bits per heavy atom. The van der Waals surface area contributed by atoms with Crippen molar-refractivity contribution in [3.05, 3.63) is 77.3 Å². The number of benzene rings is 3. The zero-order valence-electron chi connectivity index (χ0n) is 15.6. The van der Waals surface area contributed by atoms with E-state index in [1.54, 1.807) is 7.11 Å². The number of nitrogens with zero attached hydrogens (tertiary/aromatic N) is 2. The number of hydrogen-bond acceptors (Lipinski definition) is 3. The van der Waals surface area contributed by atoms with Crippen LogP contribution in [0, 0.1) is 0 Å². The van der Waals surface area contributed by atoms with E-state index in [-0.39, 0.29) is 0 Å². The van der Waals surface area contributed by atoms with Crippen LogP contribution in [0.15, 0.2) is 77.3 Å². The van der Waals surface area contributed by atoms with Gasteiger partial charge in [0.15, 0.2) is 0 Å². The number of ether oxygens (including phenoxy) is 2. The van der Waals surface area contributed by atoms with Crippen molar-refractivity contribution in [3.63, 3.8) is 0 Å². The molecular weight excluding hydrogens is 416 g/mol. The molecule has 4 rings (SSSR count). The van der Waals surface area contributed by atoms with Crippen LogP contribution in [0.3, 0.4) is 0 Å². The fraction of sp³-hybridized carbons (Fsp3) is 0.174. The molecule has 0 aliphatic carbocycles. The second kappa shape index (κ2) is 8.48. The van der Waals surface area contributed by atoms with Crippen molar-refractivity contribution in [2.45, 2.75) is 13.0 Å². The molecule has 4 aromatic rings.